The number of nitrogens with two attached hydrogens (primary N) is 1. The molecule has 0 spiro atoms. The van der Waals surface area contributed by atoms with Crippen LogP contribution in [0, 0.1) is 11.3 Å². The zero-order chi connectivity index (χ0) is 15.3. The van der Waals surface area contributed by atoms with Crippen molar-refractivity contribution in [3.8, 4) is 0 Å². The summed E-state index contributed by atoms with van der Waals surface area (Å²) in [4.78, 5) is 16.5. The summed E-state index contributed by atoms with van der Waals surface area (Å²) in [5, 5.41) is 5.70. The first-order valence-corrected chi connectivity index (χ1v) is 8.07. The number of carbonyl (C=O) groups excluding carboxylic acids is 1. The van der Waals surface area contributed by atoms with Crippen LogP contribution in [0.3, 0.4) is 0 Å². The van der Waals surface area contributed by atoms with E-state index in [9.17, 15) is 4.79 Å². The van der Waals surface area contributed by atoms with Gasteiger partial charge < -0.3 is 11.1 Å². The second-order valence-corrected chi connectivity index (χ2v) is 7.64. The van der Waals surface area contributed by atoms with E-state index in [0.717, 1.165) is 17.8 Å². The van der Waals surface area contributed by atoms with Gasteiger partial charge in [-0.05, 0) is 24.2 Å². The standard InChI is InChI=1S/C15H27N3OS.ClH/c1-10(2)6-7-12(15(3,4)5)18-14(19)11-9-20-13(8-16)17-11;/h9-10,12H,6-8,16H2,1-5H3,(H,18,19);1H. The summed E-state index contributed by atoms with van der Waals surface area (Å²) in [5.74, 6) is 0.546. The maximum Gasteiger partial charge on any atom is 0.270 e. The maximum atomic E-state index is 12.3. The zero-order valence-corrected chi connectivity index (χ0v) is 15.2. The normalized spacial score (nSPS) is 12.9. The molecular weight excluding hydrogens is 306 g/mol. The molecule has 21 heavy (non-hydrogen) atoms. The number of thiazole rings is 1. The molecule has 1 aromatic heterocycles. The Labute approximate surface area is 138 Å². The molecule has 1 aromatic rings. The van der Waals surface area contributed by atoms with Crippen LogP contribution in [0.4, 0.5) is 0 Å². The van der Waals surface area contributed by atoms with E-state index in [2.05, 4.69) is 44.9 Å². The van der Waals surface area contributed by atoms with Gasteiger partial charge in [-0.15, -0.1) is 23.7 Å². The number of nitrogens with zero attached hydrogens (tertiary/aromatic N) is 1. The Hall–Kier alpha value is -0.650. The zero-order valence-electron chi connectivity index (χ0n) is 13.6. The van der Waals surface area contributed by atoms with Crippen molar-refractivity contribution < 1.29 is 4.79 Å². The van der Waals surface area contributed by atoms with Crippen molar-refractivity contribution in [2.45, 2.75) is 60.0 Å². The first kappa shape index (κ1) is 20.3. The smallest absolute Gasteiger partial charge is 0.270 e. The number of hydrogen-bond acceptors (Lipinski definition) is 4. The molecule has 0 aliphatic rings. The molecule has 6 heteroatoms. The highest BCUT2D eigenvalue weighted by Crippen LogP contribution is 2.25. The molecule has 1 atom stereocenters. The fraction of sp³-hybridized carbons (Fsp3) is 0.733. The highest BCUT2D eigenvalue weighted by molar-refractivity contribution is 7.09. The Bertz CT molecular complexity index is 440. The largest absolute Gasteiger partial charge is 0.347 e. The van der Waals surface area contributed by atoms with E-state index in [-0.39, 0.29) is 29.8 Å². The van der Waals surface area contributed by atoms with Crippen molar-refractivity contribution in [2.75, 3.05) is 0 Å². The van der Waals surface area contributed by atoms with Gasteiger partial charge in [-0.2, -0.15) is 0 Å². The maximum absolute atomic E-state index is 12.3. The van der Waals surface area contributed by atoms with Gasteiger partial charge in [0.1, 0.15) is 10.7 Å². The molecule has 3 N–H and O–H groups in total. The lowest BCUT2D eigenvalue weighted by molar-refractivity contribution is 0.0889. The topological polar surface area (TPSA) is 68.0 Å². The second-order valence-electron chi connectivity index (χ2n) is 6.69. The van der Waals surface area contributed by atoms with Crippen molar-refractivity contribution in [1.29, 1.82) is 0 Å². The van der Waals surface area contributed by atoms with Crippen LogP contribution in [0.25, 0.3) is 0 Å². The average molecular weight is 334 g/mol. The molecule has 122 valence electrons. The number of nitrogens with one attached hydrogen (secondary N) is 1. The van der Waals surface area contributed by atoms with Gasteiger partial charge in [0.05, 0.1) is 0 Å². The summed E-state index contributed by atoms with van der Waals surface area (Å²) in [5.41, 5.74) is 6.05. The molecular formula is C15H28ClN3OS. The molecule has 4 nitrogen and oxygen atoms in total. The number of carbonyl (C=O) groups is 1. The van der Waals surface area contributed by atoms with E-state index in [0.29, 0.717) is 18.2 Å². The van der Waals surface area contributed by atoms with Gasteiger partial charge in [-0.25, -0.2) is 4.98 Å². The van der Waals surface area contributed by atoms with E-state index < -0.39 is 0 Å². The van der Waals surface area contributed by atoms with Gasteiger partial charge in [0.15, 0.2) is 0 Å². The molecule has 0 aliphatic carbocycles. The minimum absolute atomic E-state index is 0. The highest BCUT2D eigenvalue weighted by Gasteiger charge is 2.27. The summed E-state index contributed by atoms with van der Waals surface area (Å²) in [6.45, 7) is 11.3. The van der Waals surface area contributed by atoms with Gasteiger partial charge in [0, 0.05) is 18.0 Å². The molecule has 0 aromatic carbocycles. The Morgan fingerprint density at radius 3 is 2.43 bits per heavy atom. The average Bonchev–Trinajstić information content (AvgIpc) is 2.81. The van der Waals surface area contributed by atoms with E-state index >= 15 is 0 Å². The third kappa shape index (κ3) is 6.76. The monoisotopic (exact) mass is 333 g/mol. The summed E-state index contributed by atoms with van der Waals surface area (Å²) in [6.07, 6.45) is 2.09. The van der Waals surface area contributed by atoms with Gasteiger partial charge in [-0.3, -0.25) is 4.79 Å². The van der Waals surface area contributed by atoms with Gasteiger partial charge >= 0.3 is 0 Å². The molecule has 0 fully saturated rings. The molecule has 0 saturated carbocycles. The Morgan fingerprint density at radius 2 is 2.00 bits per heavy atom. The lowest BCUT2D eigenvalue weighted by Gasteiger charge is -2.32. The van der Waals surface area contributed by atoms with Crippen molar-refractivity contribution in [2.24, 2.45) is 17.1 Å². The number of aromatic nitrogens is 1. The van der Waals surface area contributed by atoms with Gasteiger partial charge in [0.25, 0.3) is 5.91 Å². The van der Waals surface area contributed by atoms with E-state index in [1.807, 2.05) is 0 Å². The molecule has 0 saturated heterocycles. The third-order valence-corrected chi connectivity index (χ3v) is 4.21. The molecule has 1 amide bonds. The molecule has 0 radical (unpaired) electrons. The quantitative estimate of drug-likeness (QED) is 0.835. The molecule has 1 rings (SSSR count). The summed E-state index contributed by atoms with van der Waals surface area (Å²) >= 11 is 1.43. The van der Waals surface area contributed by atoms with Crippen molar-refractivity contribution in [1.82, 2.24) is 10.3 Å². The fourth-order valence-corrected chi connectivity index (χ4v) is 2.62. The van der Waals surface area contributed by atoms with Crippen LogP contribution in [-0.4, -0.2) is 16.9 Å². The van der Waals surface area contributed by atoms with Crippen LogP contribution in [-0.2, 0) is 6.54 Å². The van der Waals surface area contributed by atoms with E-state index in [1.165, 1.54) is 11.3 Å². The number of hydrogen-bond donors (Lipinski definition) is 2. The summed E-state index contributed by atoms with van der Waals surface area (Å²) < 4.78 is 0. The van der Waals surface area contributed by atoms with Crippen LogP contribution in [0.2, 0.25) is 0 Å². The highest BCUT2D eigenvalue weighted by atomic mass is 35.5. The fourth-order valence-electron chi connectivity index (χ4n) is 1.96. The third-order valence-electron chi connectivity index (χ3n) is 3.34. The van der Waals surface area contributed by atoms with Crippen LogP contribution in [0.5, 0.6) is 0 Å². The second kappa shape index (κ2) is 8.71. The molecule has 0 bridgehead atoms. The Morgan fingerprint density at radius 1 is 1.38 bits per heavy atom. The lowest BCUT2D eigenvalue weighted by atomic mass is 9.83. The predicted octanol–water partition coefficient (Wildman–Crippen LogP) is 3.60. The lowest BCUT2D eigenvalue weighted by Crippen LogP contribution is -2.44. The van der Waals surface area contributed by atoms with Gasteiger partial charge in [0.2, 0.25) is 0 Å². The molecule has 1 unspecified atom stereocenters. The number of amides is 1. The summed E-state index contributed by atoms with van der Waals surface area (Å²) in [7, 11) is 0. The van der Waals surface area contributed by atoms with E-state index in [4.69, 9.17) is 5.73 Å². The van der Waals surface area contributed by atoms with E-state index in [1.54, 1.807) is 5.38 Å². The molecule has 0 aliphatic heterocycles. The Balaban J connectivity index is 0.00000400. The van der Waals surface area contributed by atoms with Gasteiger partial charge in [-0.1, -0.05) is 34.6 Å². The SMILES string of the molecule is CC(C)CCC(NC(=O)c1csc(CN)n1)C(C)(C)C.Cl. The first-order valence-electron chi connectivity index (χ1n) is 7.19. The molecule has 1 heterocycles. The summed E-state index contributed by atoms with van der Waals surface area (Å²) in [6, 6.07) is 0.153. The van der Waals surface area contributed by atoms with Crippen LogP contribution >= 0.6 is 23.7 Å². The van der Waals surface area contributed by atoms with Crippen LogP contribution < -0.4 is 11.1 Å². The number of rotatable bonds is 6. The van der Waals surface area contributed by atoms with Crippen LogP contribution in [0.1, 0.15) is 63.0 Å². The first-order chi connectivity index (χ1) is 9.24. The minimum atomic E-state index is -0.0929. The van der Waals surface area contributed by atoms with Crippen LogP contribution in [0.15, 0.2) is 5.38 Å². The Kier molecular flexibility index (Phi) is 8.44. The van der Waals surface area contributed by atoms with Crippen molar-refractivity contribution in [3.63, 3.8) is 0 Å². The minimum Gasteiger partial charge on any atom is -0.347 e. The number of halogens is 1. The van der Waals surface area contributed by atoms with Crippen molar-refractivity contribution in [3.05, 3.63) is 16.1 Å². The predicted molar refractivity (Wildman–Crippen MR) is 92.0 cm³/mol. The van der Waals surface area contributed by atoms with Crippen molar-refractivity contribution >= 4 is 29.7 Å².